The van der Waals surface area contributed by atoms with E-state index in [1.54, 1.807) is 7.05 Å². The van der Waals surface area contributed by atoms with Gasteiger partial charge in [0.1, 0.15) is 0 Å². The lowest BCUT2D eigenvalue weighted by Crippen LogP contribution is -2.24. The Morgan fingerprint density at radius 1 is 1.50 bits per heavy atom. The van der Waals surface area contributed by atoms with E-state index in [0.717, 1.165) is 19.3 Å². The molecule has 1 unspecified atom stereocenters. The average molecular weight is 169 g/mol. The van der Waals surface area contributed by atoms with Crippen molar-refractivity contribution >= 4 is 5.91 Å². The van der Waals surface area contributed by atoms with Gasteiger partial charge >= 0.3 is 0 Å². The van der Waals surface area contributed by atoms with Gasteiger partial charge < -0.3 is 5.32 Å². The van der Waals surface area contributed by atoms with Crippen LogP contribution in [0.4, 0.5) is 0 Å². The highest BCUT2D eigenvalue weighted by Gasteiger charge is 2.08. The molecule has 2 heteroatoms. The van der Waals surface area contributed by atoms with Crippen LogP contribution in [0.25, 0.3) is 0 Å². The van der Waals surface area contributed by atoms with E-state index < -0.39 is 0 Å². The largest absolute Gasteiger partial charge is 0.359 e. The maximum absolute atomic E-state index is 11.0. The molecule has 1 atom stereocenters. The van der Waals surface area contributed by atoms with Gasteiger partial charge in [-0.15, -0.1) is 0 Å². The van der Waals surface area contributed by atoms with Crippen LogP contribution in [0.1, 0.15) is 33.1 Å². The molecular weight excluding hydrogens is 150 g/mol. The minimum Gasteiger partial charge on any atom is -0.359 e. The van der Waals surface area contributed by atoms with Gasteiger partial charge in [-0.2, -0.15) is 0 Å². The van der Waals surface area contributed by atoms with E-state index in [0.29, 0.717) is 0 Å². The molecule has 0 saturated heterocycles. The van der Waals surface area contributed by atoms with E-state index in [4.69, 9.17) is 0 Å². The van der Waals surface area contributed by atoms with Crippen LogP contribution in [0, 0.1) is 5.92 Å². The van der Waals surface area contributed by atoms with E-state index in [9.17, 15) is 4.79 Å². The van der Waals surface area contributed by atoms with Gasteiger partial charge in [0.15, 0.2) is 0 Å². The van der Waals surface area contributed by atoms with Crippen molar-refractivity contribution in [1.82, 2.24) is 5.32 Å². The van der Waals surface area contributed by atoms with E-state index in [1.165, 1.54) is 0 Å². The van der Waals surface area contributed by atoms with E-state index in [-0.39, 0.29) is 11.8 Å². The van der Waals surface area contributed by atoms with Gasteiger partial charge in [0, 0.05) is 13.0 Å². The van der Waals surface area contributed by atoms with Crippen molar-refractivity contribution in [3.8, 4) is 0 Å². The third-order valence-corrected chi connectivity index (χ3v) is 1.86. The Bertz CT molecular complexity index is 152. The van der Waals surface area contributed by atoms with Crippen LogP contribution >= 0.6 is 0 Å². The van der Waals surface area contributed by atoms with E-state index >= 15 is 0 Å². The number of nitrogens with one attached hydrogen (secondary N) is 1. The Labute approximate surface area is 75.0 Å². The molecule has 0 radical (unpaired) electrons. The Hall–Kier alpha value is -0.790. The molecule has 1 N–H and O–H groups in total. The summed E-state index contributed by atoms with van der Waals surface area (Å²) in [5.41, 5.74) is 0. The molecule has 0 bridgehead atoms. The second kappa shape index (κ2) is 6.89. The van der Waals surface area contributed by atoms with Crippen molar-refractivity contribution in [3.63, 3.8) is 0 Å². The molecule has 0 aromatic carbocycles. The summed E-state index contributed by atoms with van der Waals surface area (Å²) in [6.07, 6.45) is 7.29. The Morgan fingerprint density at radius 2 is 2.17 bits per heavy atom. The summed E-state index contributed by atoms with van der Waals surface area (Å²) in [7, 11) is 1.68. The smallest absolute Gasteiger partial charge is 0.222 e. The topological polar surface area (TPSA) is 29.1 Å². The molecular formula is C10H19NO. The van der Waals surface area contributed by atoms with Crippen molar-refractivity contribution in [2.45, 2.75) is 33.1 Å². The summed E-state index contributed by atoms with van der Waals surface area (Å²) in [6, 6.07) is 0. The molecule has 0 aromatic rings. The molecule has 0 aliphatic rings. The molecule has 0 aliphatic heterocycles. The molecule has 0 saturated carbocycles. The number of hydrogen-bond acceptors (Lipinski definition) is 1. The lowest BCUT2D eigenvalue weighted by atomic mass is 10.0. The van der Waals surface area contributed by atoms with Crippen LogP contribution in [-0.2, 0) is 4.79 Å². The standard InChI is InChI=1S/C10H19NO/c1-4-5-6-7-8-9(2)10(12)11-3/h5-6,9H,4,7-8H2,1-3H3,(H,11,12)/b6-5-. The van der Waals surface area contributed by atoms with Gasteiger partial charge in [0.25, 0.3) is 0 Å². The van der Waals surface area contributed by atoms with Crippen LogP contribution in [0.2, 0.25) is 0 Å². The number of amides is 1. The molecule has 12 heavy (non-hydrogen) atoms. The van der Waals surface area contributed by atoms with Gasteiger partial charge in [-0.25, -0.2) is 0 Å². The fourth-order valence-electron chi connectivity index (χ4n) is 1.01. The first-order chi connectivity index (χ1) is 5.72. The van der Waals surface area contributed by atoms with Gasteiger partial charge in [-0.3, -0.25) is 4.79 Å². The predicted molar refractivity (Wildman–Crippen MR) is 51.9 cm³/mol. The van der Waals surface area contributed by atoms with Crippen LogP contribution < -0.4 is 5.32 Å². The average Bonchev–Trinajstić information content (AvgIpc) is 2.10. The number of carbonyl (C=O) groups is 1. The highest BCUT2D eigenvalue weighted by atomic mass is 16.1. The molecule has 0 heterocycles. The van der Waals surface area contributed by atoms with Gasteiger partial charge in [0.05, 0.1) is 0 Å². The molecule has 0 rings (SSSR count). The Kier molecular flexibility index (Phi) is 6.44. The Balaban J connectivity index is 3.50. The van der Waals surface area contributed by atoms with Crippen molar-refractivity contribution in [1.29, 1.82) is 0 Å². The fraction of sp³-hybridized carbons (Fsp3) is 0.700. The molecule has 0 aromatic heterocycles. The first-order valence-electron chi connectivity index (χ1n) is 4.59. The maximum Gasteiger partial charge on any atom is 0.222 e. The molecule has 0 fully saturated rings. The zero-order chi connectivity index (χ0) is 9.40. The zero-order valence-electron chi connectivity index (χ0n) is 8.26. The van der Waals surface area contributed by atoms with Crippen molar-refractivity contribution in [2.75, 3.05) is 7.05 Å². The van der Waals surface area contributed by atoms with Crippen LogP contribution in [0.3, 0.4) is 0 Å². The second-order valence-electron chi connectivity index (χ2n) is 2.97. The first kappa shape index (κ1) is 11.2. The van der Waals surface area contributed by atoms with Crippen LogP contribution in [-0.4, -0.2) is 13.0 Å². The minimum absolute atomic E-state index is 0.136. The van der Waals surface area contributed by atoms with Crippen LogP contribution in [0.5, 0.6) is 0 Å². The summed E-state index contributed by atoms with van der Waals surface area (Å²) >= 11 is 0. The highest BCUT2D eigenvalue weighted by Crippen LogP contribution is 2.05. The molecule has 0 spiro atoms. The second-order valence-corrected chi connectivity index (χ2v) is 2.97. The number of hydrogen-bond donors (Lipinski definition) is 1. The van der Waals surface area contributed by atoms with Gasteiger partial charge in [0.2, 0.25) is 5.91 Å². The first-order valence-corrected chi connectivity index (χ1v) is 4.59. The number of carbonyl (C=O) groups excluding carboxylic acids is 1. The SMILES string of the molecule is CC/C=C\CCC(C)C(=O)NC. The summed E-state index contributed by atoms with van der Waals surface area (Å²) < 4.78 is 0. The summed E-state index contributed by atoms with van der Waals surface area (Å²) in [6.45, 7) is 4.07. The van der Waals surface area contributed by atoms with E-state index in [1.807, 2.05) is 6.92 Å². The number of rotatable bonds is 5. The third-order valence-electron chi connectivity index (χ3n) is 1.86. The molecule has 70 valence electrons. The van der Waals surface area contributed by atoms with Gasteiger partial charge in [-0.1, -0.05) is 26.0 Å². The van der Waals surface area contributed by atoms with E-state index in [2.05, 4.69) is 24.4 Å². The maximum atomic E-state index is 11.0. The predicted octanol–water partition coefficient (Wildman–Crippen LogP) is 2.11. The monoisotopic (exact) mass is 169 g/mol. The quantitative estimate of drug-likeness (QED) is 0.627. The lowest BCUT2D eigenvalue weighted by Gasteiger charge is -2.06. The van der Waals surface area contributed by atoms with Gasteiger partial charge in [-0.05, 0) is 19.3 Å². The molecule has 0 aliphatic carbocycles. The van der Waals surface area contributed by atoms with Crippen molar-refractivity contribution in [3.05, 3.63) is 12.2 Å². The molecule has 2 nitrogen and oxygen atoms in total. The third kappa shape index (κ3) is 4.94. The van der Waals surface area contributed by atoms with Crippen molar-refractivity contribution < 1.29 is 4.79 Å². The fourth-order valence-corrected chi connectivity index (χ4v) is 1.01. The zero-order valence-corrected chi connectivity index (χ0v) is 8.26. The summed E-state index contributed by atoms with van der Waals surface area (Å²) in [5, 5.41) is 2.64. The normalized spacial score (nSPS) is 13.2. The Morgan fingerprint density at radius 3 is 2.67 bits per heavy atom. The lowest BCUT2D eigenvalue weighted by molar-refractivity contribution is -0.124. The minimum atomic E-state index is 0.136. The summed E-state index contributed by atoms with van der Waals surface area (Å²) in [5.74, 6) is 0.274. The van der Waals surface area contributed by atoms with Crippen LogP contribution in [0.15, 0.2) is 12.2 Å². The van der Waals surface area contributed by atoms with Crippen molar-refractivity contribution in [2.24, 2.45) is 5.92 Å². The highest BCUT2D eigenvalue weighted by molar-refractivity contribution is 5.77. The summed E-state index contributed by atoms with van der Waals surface area (Å²) in [4.78, 5) is 11.0. The number of allylic oxidation sites excluding steroid dienone is 2. The molecule has 1 amide bonds.